The summed E-state index contributed by atoms with van der Waals surface area (Å²) in [5.41, 5.74) is 1.19. The molecule has 6 heteroatoms. The van der Waals surface area contributed by atoms with Gasteiger partial charge in [-0.3, -0.25) is 4.90 Å². The van der Waals surface area contributed by atoms with Crippen LogP contribution in [-0.4, -0.2) is 72.6 Å². The van der Waals surface area contributed by atoms with Gasteiger partial charge in [-0.2, -0.15) is 4.98 Å². The molecule has 0 aromatic carbocycles. The van der Waals surface area contributed by atoms with Crippen LogP contribution in [0.1, 0.15) is 31.4 Å². The van der Waals surface area contributed by atoms with Gasteiger partial charge in [0.05, 0.1) is 5.69 Å². The lowest BCUT2D eigenvalue weighted by atomic mass is 10.3. The molecule has 0 atom stereocenters. The smallest absolute Gasteiger partial charge is 0.224 e. The molecule has 0 amide bonds. The fourth-order valence-corrected chi connectivity index (χ4v) is 2.80. The van der Waals surface area contributed by atoms with Crippen LogP contribution in [0.15, 0.2) is 6.07 Å². The second kappa shape index (κ2) is 7.24. The van der Waals surface area contributed by atoms with E-state index < -0.39 is 0 Å². The number of likely N-dealkylation sites (N-methyl/N-ethyl adjacent to an activating group) is 1. The molecule has 1 aliphatic heterocycles. The Morgan fingerprint density at radius 1 is 1.14 bits per heavy atom. The Hall–Kier alpha value is -1.40. The molecule has 0 spiro atoms. The van der Waals surface area contributed by atoms with Crippen LogP contribution in [0.2, 0.25) is 0 Å². The Kier molecular flexibility index (Phi) is 5.10. The molecule has 3 rings (SSSR count). The molecule has 2 heterocycles. The quantitative estimate of drug-likeness (QED) is 0.795. The molecular weight excluding hydrogens is 276 g/mol. The summed E-state index contributed by atoms with van der Waals surface area (Å²) in [5.74, 6) is 2.37. The Morgan fingerprint density at radius 3 is 2.59 bits per heavy atom. The number of hydrogen-bond donors (Lipinski definition) is 2. The highest BCUT2D eigenvalue weighted by Gasteiger charge is 2.26. The van der Waals surface area contributed by atoms with Crippen molar-refractivity contribution in [1.82, 2.24) is 19.8 Å². The molecule has 0 bridgehead atoms. The normalized spacial score (nSPS) is 20.1. The van der Waals surface area contributed by atoms with Gasteiger partial charge in [0.1, 0.15) is 5.82 Å². The number of piperazine rings is 1. The van der Waals surface area contributed by atoms with Crippen LogP contribution in [-0.2, 0) is 0 Å². The number of hydrogen-bond acceptors (Lipinski definition) is 6. The Balaban J connectivity index is 1.52. The predicted octanol–water partition coefficient (Wildman–Crippen LogP) is 1.45. The highest BCUT2D eigenvalue weighted by atomic mass is 15.3. The third-order valence-electron chi connectivity index (χ3n) is 4.41. The maximum absolute atomic E-state index is 4.61. The molecule has 1 saturated heterocycles. The van der Waals surface area contributed by atoms with Crippen LogP contribution in [0.3, 0.4) is 0 Å². The van der Waals surface area contributed by atoms with Crippen LogP contribution < -0.4 is 10.6 Å². The largest absolute Gasteiger partial charge is 0.369 e. The Labute approximate surface area is 133 Å². The minimum Gasteiger partial charge on any atom is -0.369 e. The van der Waals surface area contributed by atoms with Crippen LogP contribution in [0.25, 0.3) is 0 Å². The van der Waals surface area contributed by atoms with Crippen LogP contribution in [0, 0.1) is 0 Å². The van der Waals surface area contributed by atoms with Crippen LogP contribution >= 0.6 is 0 Å². The van der Waals surface area contributed by atoms with Crippen molar-refractivity contribution in [2.75, 3.05) is 63.5 Å². The highest BCUT2D eigenvalue weighted by molar-refractivity contribution is 5.44. The maximum atomic E-state index is 4.61. The van der Waals surface area contributed by atoms with E-state index in [1.165, 1.54) is 31.6 Å². The van der Waals surface area contributed by atoms with Crippen molar-refractivity contribution in [2.45, 2.75) is 25.7 Å². The van der Waals surface area contributed by atoms with E-state index in [1.807, 2.05) is 0 Å². The van der Waals surface area contributed by atoms with Crippen molar-refractivity contribution in [3.63, 3.8) is 0 Å². The van der Waals surface area contributed by atoms with Gasteiger partial charge >= 0.3 is 0 Å². The predicted molar refractivity (Wildman–Crippen MR) is 90.6 cm³/mol. The minimum atomic E-state index is 0.651. The van der Waals surface area contributed by atoms with Gasteiger partial charge in [-0.1, -0.05) is 0 Å². The molecule has 1 aromatic rings. The van der Waals surface area contributed by atoms with Gasteiger partial charge in [-0.25, -0.2) is 4.98 Å². The van der Waals surface area contributed by atoms with Gasteiger partial charge in [-0.15, -0.1) is 0 Å². The lowest BCUT2D eigenvalue weighted by Crippen LogP contribution is -2.45. The van der Waals surface area contributed by atoms with E-state index >= 15 is 0 Å². The molecule has 2 aliphatic rings. The third-order valence-corrected chi connectivity index (χ3v) is 4.41. The molecule has 2 fully saturated rings. The lowest BCUT2D eigenvalue weighted by Gasteiger charge is -2.32. The summed E-state index contributed by atoms with van der Waals surface area (Å²) in [6, 6.07) is 2.13. The van der Waals surface area contributed by atoms with E-state index in [1.54, 1.807) is 0 Å². The fourth-order valence-electron chi connectivity index (χ4n) is 2.80. The van der Waals surface area contributed by atoms with Crippen molar-refractivity contribution in [3.8, 4) is 0 Å². The molecule has 0 radical (unpaired) electrons. The first kappa shape index (κ1) is 15.5. The van der Waals surface area contributed by atoms with Gasteiger partial charge in [0.15, 0.2) is 0 Å². The standard InChI is InChI=1S/C16H28N6/c1-3-17-16-19-14(13-4-5-13)12-15(20-16)18-6-7-22-10-8-21(2)9-11-22/h12-13H,3-11H2,1-2H3,(H2,17,18,19,20). The first-order valence-electron chi connectivity index (χ1n) is 8.52. The van der Waals surface area contributed by atoms with E-state index in [-0.39, 0.29) is 0 Å². The van der Waals surface area contributed by atoms with Crippen molar-refractivity contribution in [1.29, 1.82) is 0 Å². The fraction of sp³-hybridized carbons (Fsp3) is 0.750. The second-order valence-electron chi connectivity index (χ2n) is 6.38. The van der Waals surface area contributed by atoms with Gasteiger partial charge in [-0.05, 0) is 26.8 Å². The molecule has 22 heavy (non-hydrogen) atoms. The minimum absolute atomic E-state index is 0.651. The van der Waals surface area contributed by atoms with E-state index in [4.69, 9.17) is 0 Å². The number of nitrogens with one attached hydrogen (secondary N) is 2. The van der Waals surface area contributed by atoms with Gasteiger partial charge in [0, 0.05) is 57.8 Å². The molecular formula is C16H28N6. The molecule has 1 saturated carbocycles. The maximum Gasteiger partial charge on any atom is 0.224 e. The Morgan fingerprint density at radius 2 is 1.91 bits per heavy atom. The highest BCUT2D eigenvalue weighted by Crippen LogP contribution is 2.39. The summed E-state index contributed by atoms with van der Waals surface area (Å²) in [4.78, 5) is 14.1. The van der Waals surface area contributed by atoms with Gasteiger partial charge in [0.25, 0.3) is 0 Å². The number of nitrogens with zero attached hydrogens (tertiary/aromatic N) is 4. The summed E-state index contributed by atoms with van der Waals surface area (Å²) < 4.78 is 0. The monoisotopic (exact) mass is 304 g/mol. The van der Waals surface area contributed by atoms with Crippen LogP contribution in [0.4, 0.5) is 11.8 Å². The summed E-state index contributed by atoms with van der Waals surface area (Å²) in [6.07, 6.45) is 2.53. The third kappa shape index (κ3) is 4.30. The topological polar surface area (TPSA) is 56.3 Å². The van der Waals surface area contributed by atoms with Gasteiger partial charge < -0.3 is 15.5 Å². The number of rotatable bonds is 7. The molecule has 122 valence electrons. The van der Waals surface area contributed by atoms with E-state index in [0.717, 1.165) is 44.5 Å². The van der Waals surface area contributed by atoms with Crippen molar-refractivity contribution < 1.29 is 0 Å². The first-order valence-corrected chi connectivity index (χ1v) is 8.52. The van der Waals surface area contributed by atoms with Crippen molar-refractivity contribution in [2.24, 2.45) is 0 Å². The van der Waals surface area contributed by atoms with E-state index in [9.17, 15) is 0 Å². The zero-order valence-electron chi connectivity index (χ0n) is 13.8. The molecule has 6 nitrogen and oxygen atoms in total. The summed E-state index contributed by atoms with van der Waals surface area (Å²) >= 11 is 0. The summed E-state index contributed by atoms with van der Waals surface area (Å²) in [5, 5.41) is 6.72. The molecule has 1 aliphatic carbocycles. The molecule has 1 aromatic heterocycles. The van der Waals surface area contributed by atoms with Crippen LogP contribution in [0.5, 0.6) is 0 Å². The second-order valence-corrected chi connectivity index (χ2v) is 6.38. The molecule has 2 N–H and O–H groups in total. The average Bonchev–Trinajstić information content (AvgIpc) is 3.34. The van der Waals surface area contributed by atoms with E-state index in [2.05, 4.69) is 50.4 Å². The van der Waals surface area contributed by atoms with E-state index in [0.29, 0.717) is 5.92 Å². The number of aromatic nitrogens is 2. The first-order chi connectivity index (χ1) is 10.7. The van der Waals surface area contributed by atoms with Gasteiger partial charge in [0.2, 0.25) is 5.95 Å². The van der Waals surface area contributed by atoms with Crippen molar-refractivity contribution >= 4 is 11.8 Å². The zero-order chi connectivity index (χ0) is 15.4. The summed E-state index contributed by atoms with van der Waals surface area (Å²) in [7, 11) is 2.19. The molecule has 0 unspecified atom stereocenters. The summed E-state index contributed by atoms with van der Waals surface area (Å²) in [6.45, 7) is 9.62. The zero-order valence-corrected chi connectivity index (χ0v) is 13.8. The average molecular weight is 304 g/mol. The Bertz CT molecular complexity index is 480. The number of anilines is 2. The SMILES string of the molecule is CCNc1nc(NCCN2CCN(C)CC2)cc(C2CC2)n1. The lowest BCUT2D eigenvalue weighted by molar-refractivity contribution is 0.158. The van der Waals surface area contributed by atoms with Crippen molar-refractivity contribution in [3.05, 3.63) is 11.8 Å².